The van der Waals surface area contributed by atoms with E-state index < -0.39 is 0 Å². The SMILES string of the molecule is O=C(NC1C2C3CCC(C3)C12)c1cccs1. The molecule has 4 atom stereocenters. The summed E-state index contributed by atoms with van der Waals surface area (Å²) in [4.78, 5) is 12.8. The zero-order valence-electron chi connectivity index (χ0n) is 9.06. The van der Waals surface area contributed by atoms with Crippen LogP contribution < -0.4 is 5.32 Å². The molecule has 0 saturated heterocycles. The number of thiophene rings is 1. The summed E-state index contributed by atoms with van der Waals surface area (Å²) >= 11 is 1.53. The van der Waals surface area contributed by atoms with E-state index in [9.17, 15) is 4.79 Å². The molecule has 2 nitrogen and oxygen atoms in total. The zero-order valence-corrected chi connectivity index (χ0v) is 9.87. The van der Waals surface area contributed by atoms with Crippen LogP contribution in [0.3, 0.4) is 0 Å². The highest BCUT2D eigenvalue weighted by Crippen LogP contribution is 2.65. The second-order valence-electron chi connectivity index (χ2n) is 5.46. The van der Waals surface area contributed by atoms with Crippen molar-refractivity contribution in [3.05, 3.63) is 22.4 Å². The van der Waals surface area contributed by atoms with Crippen LogP contribution in [0, 0.1) is 23.7 Å². The highest BCUT2D eigenvalue weighted by atomic mass is 32.1. The number of nitrogens with one attached hydrogen (secondary N) is 1. The summed E-state index contributed by atoms with van der Waals surface area (Å²) < 4.78 is 0. The van der Waals surface area contributed by atoms with Crippen LogP contribution in [0.5, 0.6) is 0 Å². The summed E-state index contributed by atoms with van der Waals surface area (Å²) in [5, 5.41) is 5.20. The predicted octanol–water partition coefficient (Wildman–Crippen LogP) is 2.52. The third-order valence-corrected chi connectivity index (χ3v) is 5.65. The Hall–Kier alpha value is -0.830. The molecule has 1 aromatic rings. The van der Waals surface area contributed by atoms with Gasteiger partial charge in [0.05, 0.1) is 4.88 Å². The fourth-order valence-corrected chi connectivity index (χ4v) is 4.78. The Labute approximate surface area is 99.1 Å². The van der Waals surface area contributed by atoms with Crippen molar-refractivity contribution in [2.45, 2.75) is 25.3 Å². The molecule has 3 heteroatoms. The van der Waals surface area contributed by atoms with E-state index in [1.807, 2.05) is 17.5 Å². The Bertz CT molecular complexity index is 411. The van der Waals surface area contributed by atoms with Gasteiger partial charge in [-0.2, -0.15) is 0 Å². The Morgan fingerprint density at radius 1 is 1.31 bits per heavy atom. The first kappa shape index (κ1) is 9.23. The fraction of sp³-hybridized carbons (Fsp3) is 0.615. The maximum Gasteiger partial charge on any atom is 0.261 e. The lowest BCUT2D eigenvalue weighted by Crippen LogP contribution is -2.29. The average molecular weight is 233 g/mol. The zero-order chi connectivity index (χ0) is 10.7. The molecule has 16 heavy (non-hydrogen) atoms. The summed E-state index contributed by atoms with van der Waals surface area (Å²) in [6.45, 7) is 0. The third-order valence-electron chi connectivity index (χ3n) is 4.78. The molecule has 0 spiro atoms. The van der Waals surface area contributed by atoms with Gasteiger partial charge in [-0.15, -0.1) is 11.3 Å². The molecule has 84 valence electrons. The van der Waals surface area contributed by atoms with Crippen molar-refractivity contribution >= 4 is 17.2 Å². The second-order valence-corrected chi connectivity index (χ2v) is 6.41. The van der Waals surface area contributed by atoms with Crippen molar-refractivity contribution in [1.82, 2.24) is 5.32 Å². The molecule has 1 aromatic heterocycles. The van der Waals surface area contributed by atoms with Gasteiger partial charge in [-0.1, -0.05) is 6.07 Å². The number of fused-ring (bicyclic) bond motifs is 5. The largest absolute Gasteiger partial charge is 0.348 e. The minimum absolute atomic E-state index is 0.147. The number of hydrogen-bond donors (Lipinski definition) is 1. The first-order valence-corrected chi connectivity index (χ1v) is 7.07. The number of carbonyl (C=O) groups is 1. The van der Waals surface area contributed by atoms with Crippen LogP contribution in [0.4, 0.5) is 0 Å². The average Bonchev–Trinajstić information content (AvgIpc) is 2.81. The van der Waals surface area contributed by atoms with Gasteiger partial charge in [0.1, 0.15) is 0 Å². The van der Waals surface area contributed by atoms with Gasteiger partial charge in [0.25, 0.3) is 5.91 Å². The van der Waals surface area contributed by atoms with Crippen LogP contribution in [0.2, 0.25) is 0 Å². The summed E-state index contributed by atoms with van der Waals surface area (Å²) in [6, 6.07) is 4.37. The standard InChI is InChI=1S/C13H15NOS/c15-13(9-2-1-5-16-9)14-12-10-7-3-4-8(6-7)11(10)12/h1-2,5,7-8,10-12H,3-4,6H2,(H,14,15). The maximum absolute atomic E-state index is 11.9. The van der Waals surface area contributed by atoms with E-state index in [0.717, 1.165) is 28.5 Å². The first-order chi connectivity index (χ1) is 7.84. The van der Waals surface area contributed by atoms with Gasteiger partial charge < -0.3 is 5.32 Å². The molecule has 1 N–H and O–H groups in total. The lowest BCUT2D eigenvalue weighted by atomic mass is 10.0. The lowest BCUT2D eigenvalue weighted by molar-refractivity contribution is 0.0948. The molecular formula is C13H15NOS. The summed E-state index contributed by atoms with van der Waals surface area (Å²) in [6.07, 6.45) is 4.27. The predicted molar refractivity (Wildman–Crippen MR) is 63.4 cm³/mol. The molecule has 1 heterocycles. The van der Waals surface area contributed by atoms with Crippen LogP contribution >= 0.6 is 11.3 Å². The monoisotopic (exact) mass is 233 g/mol. The smallest absolute Gasteiger partial charge is 0.261 e. The molecule has 3 fully saturated rings. The van der Waals surface area contributed by atoms with Crippen molar-refractivity contribution in [1.29, 1.82) is 0 Å². The van der Waals surface area contributed by atoms with E-state index in [2.05, 4.69) is 5.32 Å². The molecule has 3 aliphatic carbocycles. The van der Waals surface area contributed by atoms with Crippen molar-refractivity contribution < 1.29 is 4.79 Å². The van der Waals surface area contributed by atoms with Crippen molar-refractivity contribution in [2.75, 3.05) is 0 Å². The van der Waals surface area contributed by atoms with E-state index in [-0.39, 0.29) is 5.91 Å². The van der Waals surface area contributed by atoms with Crippen molar-refractivity contribution in [3.63, 3.8) is 0 Å². The normalized spacial score (nSPS) is 43.1. The van der Waals surface area contributed by atoms with Gasteiger partial charge in [-0.25, -0.2) is 0 Å². The van der Waals surface area contributed by atoms with Gasteiger partial charge in [0, 0.05) is 6.04 Å². The van der Waals surface area contributed by atoms with Gasteiger partial charge in [-0.3, -0.25) is 4.79 Å². The number of carbonyl (C=O) groups excluding carboxylic acids is 1. The van der Waals surface area contributed by atoms with Gasteiger partial charge >= 0.3 is 0 Å². The molecule has 4 unspecified atom stereocenters. The Kier molecular flexibility index (Phi) is 1.79. The van der Waals surface area contributed by atoms with Gasteiger partial charge in [-0.05, 0) is 54.4 Å². The van der Waals surface area contributed by atoms with E-state index in [4.69, 9.17) is 0 Å². The number of rotatable bonds is 2. The van der Waals surface area contributed by atoms with Gasteiger partial charge in [0.15, 0.2) is 0 Å². The Morgan fingerprint density at radius 3 is 2.69 bits per heavy atom. The summed E-state index contributed by atoms with van der Waals surface area (Å²) in [5.41, 5.74) is 0. The highest BCUT2D eigenvalue weighted by Gasteiger charge is 2.65. The molecule has 4 rings (SSSR count). The van der Waals surface area contributed by atoms with E-state index in [1.54, 1.807) is 0 Å². The molecule has 0 aliphatic heterocycles. The summed E-state index contributed by atoms with van der Waals surface area (Å²) in [5.74, 6) is 3.69. The van der Waals surface area contributed by atoms with Crippen molar-refractivity contribution in [2.24, 2.45) is 23.7 Å². The molecule has 2 bridgehead atoms. The highest BCUT2D eigenvalue weighted by molar-refractivity contribution is 7.12. The fourth-order valence-electron chi connectivity index (χ4n) is 4.15. The maximum atomic E-state index is 11.9. The van der Waals surface area contributed by atoms with E-state index >= 15 is 0 Å². The van der Waals surface area contributed by atoms with Crippen LogP contribution in [0.25, 0.3) is 0 Å². The molecule has 0 aromatic carbocycles. The third kappa shape index (κ3) is 1.15. The molecule has 3 aliphatic rings. The summed E-state index contributed by atoms with van der Waals surface area (Å²) in [7, 11) is 0. The van der Waals surface area contributed by atoms with Crippen LogP contribution in [-0.2, 0) is 0 Å². The molecule has 1 amide bonds. The lowest BCUT2D eigenvalue weighted by Gasteiger charge is -2.09. The minimum Gasteiger partial charge on any atom is -0.348 e. The number of hydrogen-bond acceptors (Lipinski definition) is 2. The second kappa shape index (κ2) is 3.10. The topological polar surface area (TPSA) is 29.1 Å². The first-order valence-electron chi connectivity index (χ1n) is 6.19. The molecule has 3 saturated carbocycles. The van der Waals surface area contributed by atoms with Crippen LogP contribution in [0.1, 0.15) is 28.9 Å². The van der Waals surface area contributed by atoms with E-state index in [0.29, 0.717) is 6.04 Å². The molecular weight excluding hydrogens is 218 g/mol. The van der Waals surface area contributed by atoms with Crippen LogP contribution in [-0.4, -0.2) is 11.9 Å². The quantitative estimate of drug-likeness (QED) is 0.835. The minimum atomic E-state index is 0.147. The van der Waals surface area contributed by atoms with Gasteiger partial charge in [0.2, 0.25) is 0 Å². The Morgan fingerprint density at radius 2 is 2.06 bits per heavy atom. The van der Waals surface area contributed by atoms with E-state index in [1.165, 1.54) is 30.6 Å². The molecule has 0 radical (unpaired) electrons. The van der Waals surface area contributed by atoms with Crippen LogP contribution in [0.15, 0.2) is 17.5 Å². The Balaban J connectivity index is 1.46. The number of amides is 1. The van der Waals surface area contributed by atoms with Crippen molar-refractivity contribution in [3.8, 4) is 0 Å².